The average Bonchev–Trinajstić information content (AvgIpc) is 3.36. The lowest BCUT2D eigenvalue weighted by Crippen LogP contribution is -2.57. The Morgan fingerprint density at radius 2 is 1.81 bits per heavy atom. The molecule has 2 fully saturated rings. The van der Waals surface area contributed by atoms with Crippen molar-refractivity contribution in [1.82, 2.24) is 10.2 Å². The number of aliphatic carboxylic acids is 1. The van der Waals surface area contributed by atoms with Crippen molar-refractivity contribution in [2.45, 2.75) is 24.9 Å². The Morgan fingerprint density at radius 1 is 1.08 bits per heavy atom. The number of nitrogens with zero attached hydrogens (tertiary/aromatic N) is 2. The van der Waals surface area contributed by atoms with Crippen molar-refractivity contribution in [2.24, 2.45) is 11.8 Å². The molecule has 0 aliphatic carbocycles. The van der Waals surface area contributed by atoms with Crippen LogP contribution in [0.4, 0.5) is 0 Å². The maximum atomic E-state index is 13.7. The Balaban J connectivity index is 1.65. The number of likely N-dealkylation sites (tertiary alicyclic amines) is 1. The SMILES string of the molecule is CC=CCN1C(=O)C2C(c3ccccc3C#N)NC(Cc3ccc4ccccc4c3)(C(=O)O)C2C1=O. The van der Waals surface area contributed by atoms with E-state index in [-0.39, 0.29) is 13.0 Å². The molecule has 0 aromatic heterocycles. The Labute approximate surface area is 208 Å². The van der Waals surface area contributed by atoms with Gasteiger partial charge in [-0.05, 0) is 34.9 Å². The molecule has 3 aromatic rings. The molecular weight excluding hydrogens is 454 g/mol. The van der Waals surface area contributed by atoms with Crippen molar-refractivity contribution >= 4 is 28.6 Å². The van der Waals surface area contributed by atoms with Crippen LogP contribution in [0.25, 0.3) is 10.8 Å². The smallest absolute Gasteiger partial charge is 0.325 e. The number of allylic oxidation sites excluding steroid dienone is 1. The summed E-state index contributed by atoms with van der Waals surface area (Å²) in [6, 6.07) is 21.6. The van der Waals surface area contributed by atoms with Crippen molar-refractivity contribution in [3.05, 3.63) is 95.6 Å². The number of carbonyl (C=O) groups is 3. The van der Waals surface area contributed by atoms with Crippen molar-refractivity contribution in [3.8, 4) is 6.07 Å². The molecule has 180 valence electrons. The first-order valence-electron chi connectivity index (χ1n) is 11.9. The molecule has 3 aromatic carbocycles. The van der Waals surface area contributed by atoms with Crippen molar-refractivity contribution < 1.29 is 19.5 Å². The molecule has 36 heavy (non-hydrogen) atoms. The first-order chi connectivity index (χ1) is 17.4. The van der Waals surface area contributed by atoms with Crippen LogP contribution in [0.15, 0.2) is 78.9 Å². The summed E-state index contributed by atoms with van der Waals surface area (Å²) < 4.78 is 0. The van der Waals surface area contributed by atoms with Gasteiger partial charge in [0.2, 0.25) is 11.8 Å². The molecule has 0 bridgehead atoms. The van der Waals surface area contributed by atoms with Gasteiger partial charge >= 0.3 is 5.97 Å². The monoisotopic (exact) mass is 479 g/mol. The van der Waals surface area contributed by atoms with Gasteiger partial charge in [-0.3, -0.25) is 24.6 Å². The number of carboxylic acids is 1. The largest absolute Gasteiger partial charge is 0.480 e. The number of carboxylic acid groups (broad SMARTS) is 1. The molecule has 0 spiro atoms. The van der Waals surface area contributed by atoms with Gasteiger partial charge < -0.3 is 5.11 Å². The summed E-state index contributed by atoms with van der Waals surface area (Å²) in [5.74, 6) is -4.17. The Bertz CT molecular complexity index is 1460. The van der Waals surface area contributed by atoms with Crippen molar-refractivity contribution in [2.75, 3.05) is 6.54 Å². The van der Waals surface area contributed by atoms with Crippen LogP contribution in [0, 0.1) is 23.2 Å². The van der Waals surface area contributed by atoms with E-state index in [0.29, 0.717) is 11.1 Å². The molecule has 4 unspecified atom stereocenters. The average molecular weight is 480 g/mol. The minimum Gasteiger partial charge on any atom is -0.480 e. The summed E-state index contributed by atoms with van der Waals surface area (Å²) in [6.07, 6.45) is 3.46. The third kappa shape index (κ3) is 3.58. The number of carbonyl (C=O) groups excluding carboxylic acids is 2. The molecule has 5 rings (SSSR count). The summed E-state index contributed by atoms with van der Waals surface area (Å²) in [5.41, 5.74) is -0.125. The lowest BCUT2D eigenvalue weighted by Gasteiger charge is -2.31. The molecule has 2 aliphatic heterocycles. The van der Waals surface area contributed by atoms with Gasteiger partial charge in [-0.1, -0.05) is 72.8 Å². The number of fused-ring (bicyclic) bond motifs is 2. The number of rotatable bonds is 6. The van der Waals surface area contributed by atoms with Gasteiger partial charge in [0.1, 0.15) is 5.54 Å². The molecule has 2 N–H and O–H groups in total. The number of nitrogens with one attached hydrogen (secondary N) is 1. The molecule has 4 atom stereocenters. The zero-order valence-electron chi connectivity index (χ0n) is 19.7. The lowest BCUT2D eigenvalue weighted by molar-refractivity contribution is -0.151. The first kappa shape index (κ1) is 23.5. The molecule has 2 saturated heterocycles. The van der Waals surface area contributed by atoms with Gasteiger partial charge in [0.25, 0.3) is 0 Å². The summed E-state index contributed by atoms with van der Waals surface area (Å²) in [6.45, 7) is 1.88. The van der Waals surface area contributed by atoms with Gasteiger partial charge in [0.15, 0.2) is 0 Å². The maximum absolute atomic E-state index is 13.7. The van der Waals surface area contributed by atoms with Crippen LogP contribution in [0.2, 0.25) is 0 Å². The fourth-order valence-corrected chi connectivity index (χ4v) is 5.70. The standard InChI is InChI=1S/C29H25N3O4/c1-2-3-14-32-26(33)23-24(27(32)34)29(28(35)36,31-25(23)22-11-7-6-10-21(22)17-30)16-18-12-13-19-8-4-5-9-20(19)15-18/h2-13,15,23-25,31H,14,16H2,1H3,(H,35,36). The Morgan fingerprint density at radius 3 is 2.53 bits per heavy atom. The van der Waals surface area contributed by atoms with E-state index in [1.165, 1.54) is 0 Å². The van der Waals surface area contributed by atoms with Crippen LogP contribution < -0.4 is 5.32 Å². The normalized spacial score (nSPS) is 25.4. The van der Waals surface area contributed by atoms with E-state index >= 15 is 0 Å². The molecule has 0 saturated carbocycles. The van der Waals surface area contributed by atoms with Gasteiger partial charge in [0, 0.05) is 19.0 Å². The van der Waals surface area contributed by atoms with Crippen LogP contribution in [0.3, 0.4) is 0 Å². The van der Waals surface area contributed by atoms with Gasteiger partial charge in [-0.15, -0.1) is 0 Å². The third-order valence-electron chi connectivity index (χ3n) is 7.36. The predicted octanol–water partition coefficient (Wildman–Crippen LogP) is 3.60. The zero-order valence-corrected chi connectivity index (χ0v) is 19.7. The number of amides is 2. The second-order valence-electron chi connectivity index (χ2n) is 9.32. The van der Waals surface area contributed by atoms with Crippen LogP contribution >= 0.6 is 0 Å². The van der Waals surface area contributed by atoms with E-state index < -0.39 is 41.2 Å². The Hall–Kier alpha value is -4.28. The van der Waals surface area contributed by atoms with Crippen LogP contribution in [0.1, 0.15) is 29.7 Å². The van der Waals surface area contributed by atoms with E-state index in [0.717, 1.165) is 21.2 Å². The number of hydrogen-bond donors (Lipinski definition) is 2. The number of nitriles is 1. The topological polar surface area (TPSA) is 110 Å². The van der Waals surface area contributed by atoms with E-state index in [1.54, 1.807) is 43.3 Å². The maximum Gasteiger partial charge on any atom is 0.325 e. The fourth-order valence-electron chi connectivity index (χ4n) is 5.70. The van der Waals surface area contributed by atoms with E-state index in [9.17, 15) is 24.8 Å². The van der Waals surface area contributed by atoms with E-state index in [2.05, 4.69) is 11.4 Å². The highest BCUT2D eigenvalue weighted by Gasteiger charge is 2.68. The molecule has 0 radical (unpaired) electrons. The second kappa shape index (κ2) is 9.06. The molecular formula is C29H25N3O4. The minimum atomic E-state index is -1.72. The third-order valence-corrected chi connectivity index (χ3v) is 7.36. The van der Waals surface area contributed by atoms with Crippen LogP contribution in [-0.2, 0) is 20.8 Å². The highest BCUT2D eigenvalue weighted by Crippen LogP contribution is 2.50. The summed E-state index contributed by atoms with van der Waals surface area (Å²) in [4.78, 5) is 41.4. The summed E-state index contributed by atoms with van der Waals surface area (Å²) in [5, 5.41) is 25.5. The van der Waals surface area contributed by atoms with E-state index in [1.807, 2.05) is 42.5 Å². The quantitative estimate of drug-likeness (QED) is 0.413. The fraction of sp³-hybridized carbons (Fsp3) is 0.241. The van der Waals surface area contributed by atoms with Crippen LogP contribution in [0.5, 0.6) is 0 Å². The predicted molar refractivity (Wildman–Crippen MR) is 134 cm³/mol. The van der Waals surface area contributed by atoms with Crippen molar-refractivity contribution in [3.63, 3.8) is 0 Å². The zero-order chi connectivity index (χ0) is 25.4. The highest BCUT2D eigenvalue weighted by atomic mass is 16.4. The molecule has 2 heterocycles. The first-order valence-corrected chi connectivity index (χ1v) is 11.9. The minimum absolute atomic E-state index is 0.00995. The highest BCUT2D eigenvalue weighted by molar-refractivity contribution is 6.09. The second-order valence-corrected chi connectivity index (χ2v) is 9.32. The van der Waals surface area contributed by atoms with Crippen molar-refractivity contribution in [1.29, 1.82) is 5.26 Å². The molecule has 2 amide bonds. The Kier molecular flexibility index (Phi) is 5.91. The number of benzene rings is 3. The summed E-state index contributed by atoms with van der Waals surface area (Å²) >= 11 is 0. The lowest BCUT2D eigenvalue weighted by atomic mass is 9.76. The van der Waals surface area contributed by atoms with Crippen LogP contribution in [-0.4, -0.2) is 39.9 Å². The van der Waals surface area contributed by atoms with Gasteiger partial charge in [-0.2, -0.15) is 5.26 Å². The number of hydrogen-bond acceptors (Lipinski definition) is 5. The summed E-state index contributed by atoms with van der Waals surface area (Å²) in [7, 11) is 0. The molecule has 2 aliphatic rings. The van der Waals surface area contributed by atoms with Gasteiger partial charge in [-0.25, -0.2) is 0 Å². The number of imide groups is 1. The van der Waals surface area contributed by atoms with Gasteiger partial charge in [0.05, 0.1) is 23.5 Å². The molecule has 7 heteroatoms. The van der Waals surface area contributed by atoms with E-state index in [4.69, 9.17) is 0 Å². The molecule has 7 nitrogen and oxygen atoms in total.